The lowest BCUT2D eigenvalue weighted by Crippen LogP contribution is -2.11. The van der Waals surface area contributed by atoms with Crippen LogP contribution in [0.15, 0.2) is 78.9 Å². The summed E-state index contributed by atoms with van der Waals surface area (Å²) < 4.78 is 12.3. The second kappa shape index (κ2) is 10.4. The number of aromatic nitrogens is 2. The molecule has 35 heavy (non-hydrogen) atoms. The van der Waals surface area contributed by atoms with Crippen molar-refractivity contribution < 1.29 is 19.1 Å². The van der Waals surface area contributed by atoms with Crippen LogP contribution in [0.2, 0.25) is 0 Å². The molecule has 0 aliphatic rings. The van der Waals surface area contributed by atoms with Gasteiger partial charge in [0.1, 0.15) is 11.4 Å². The van der Waals surface area contributed by atoms with E-state index in [0.29, 0.717) is 33.9 Å². The molecule has 1 N–H and O–H groups in total. The van der Waals surface area contributed by atoms with Crippen LogP contribution in [0.25, 0.3) is 16.9 Å². The lowest BCUT2D eigenvalue weighted by molar-refractivity contribution is 0.0518. The Hall–Kier alpha value is -4.90. The van der Waals surface area contributed by atoms with E-state index in [9.17, 15) is 9.59 Å². The third-order valence-corrected chi connectivity index (χ3v) is 5.20. The Bertz CT molecular complexity index is 1420. The summed E-state index contributed by atoms with van der Waals surface area (Å²) in [5.41, 5.74) is 3.60. The van der Waals surface area contributed by atoms with Crippen molar-refractivity contribution in [3.05, 3.63) is 95.7 Å². The fourth-order valence-corrected chi connectivity index (χ4v) is 3.54. The summed E-state index contributed by atoms with van der Waals surface area (Å²) in [5, 5.41) is 16.3. The molecule has 4 aromatic rings. The summed E-state index contributed by atoms with van der Waals surface area (Å²) in [7, 11) is 1.56. The first-order chi connectivity index (χ1) is 17.0. The average Bonchev–Trinajstić information content (AvgIpc) is 3.34. The number of ether oxygens (including phenoxy) is 2. The number of carbonyl (C=O) groups excluding carboxylic acids is 2. The van der Waals surface area contributed by atoms with Gasteiger partial charge >= 0.3 is 5.97 Å². The first-order valence-electron chi connectivity index (χ1n) is 10.9. The number of esters is 1. The number of nitrogens with one attached hydrogen (secondary N) is 1. The fraction of sp³-hybridized carbons (Fsp3) is 0.111. The molecule has 0 radical (unpaired) electrons. The molecule has 0 saturated heterocycles. The van der Waals surface area contributed by atoms with Gasteiger partial charge in [0.2, 0.25) is 0 Å². The molecule has 8 heteroatoms. The molecule has 0 unspecified atom stereocenters. The van der Waals surface area contributed by atoms with Gasteiger partial charge < -0.3 is 14.8 Å². The van der Waals surface area contributed by atoms with Crippen LogP contribution < -0.4 is 10.1 Å². The molecule has 8 nitrogen and oxygen atoms in total. The van der Waals surface area contributed by atoms with Gasteiger partial charge in [0.25, 0.3) is 5.91 Å². The van der Waals surface area contributed by atoms with Crippen LogP contribution in [0.5, 0.6) is 5.75 Å². The normalized spacial score (nSPS) is 10.3. The van der Waals surface area contributed by atoms with Gasteiger partial charge in [0.15, 0.2) is 5.69 Å². The van der Waals surface area contributed by atoms with Gasteiger partial charge in [-0.2, -0.15) is 10.4 Å². The minimum Gasteiger partial charge on any atom is -0.494 e. The van der Waals surface area contributed by atoms with Crippen LogP contribution >= 0.6 is 0 Å². The lowest BCUT2D eigenvalue weighted by atomic mass is 10.1. The zero-order chi connectivity index (χ0) is 24.8. The molecule has 0 atom stereocenters. The third-order valence-electron chi connectivity index (χ3n) is 5.20. The SMILES string of the molecule is CCOC(=O)c1cc(-c2cccc(NC(=O)c3ccc(C#N)cc3)c2)n(-c2ccccc2OC)n1. The topological polar surface area (TPSA) is 106 Å². The van der Waals surface area contributed by atoms with E-state index in [1.807, 2.05) is 30.3 Å². The number of para-hydroxylation sites is 2. The van der Waals surface area contributed by atoms with Gasteiger partial charge in [-0.25, -0.2) is 9.48 Å². The number of nitrogens with zero attached hydrogens (tertiary/aromatic N) is 3. The van der Waals surface area contributed by atoms with Crippen molar-refractivity contribution in [1.82, 2.24) is 9.78 Å². The highest BCUT2D eigenvalue weighted by Crippen LogP contribution is 2.30. The van der Waals surface area contributed by atoms with Crippen LogP contribution in [0.1, 0.15) is 33.3 Å². The number of hydrogen-bond acceptors (Lipinski definition) is 6. The van der Waals surface area contributed by atoms with E-state index in [-0.39, 0.29) is 18.2 Å². The summed E-state index contributed by atoms with van der Waals surface area (Å²) in [6.07, 6.45) is 0. The van der Waals surface area contributed by atoms with Gasteiger partial charge in [-0.05, 0) is 61.5 Å². The molecule has 0 aliphatic heterocycles. The Labute approximate surface area is 202 Å². The van der Waals surface area contributed by atoms with Crippen LogP contribution in [0.3, 0.4) is 0 Å². The van der Waals surface area contributed by atoms with Crippen molar-refractivity contribution in [2.24, 2.45) is 0 Å². The summed E-state index contributed by atoms with van der Waals surface area (Å²) in [5.74, 6) is -0.262. The Morgan fingerprint density at radius 1 is 1.03 bits per heavy atom. The molecule has 0 spiro atoms. The predicted octanol–water partition coefficient (Wildman–Crippen LogP) is 4.85. The second-order valence-corrected chi connectivity index (χ2v) is 7.44. The van der Waals surface area contributed by atoms with Crippen molar-refractivity contribution in [2.45, 2.75) is 6.92 Å². The quantitative estimate of drug-likeness (QED) is 0.390. The highest BCUT2D eigenvalue weighted by atomic mass is 16.5. The number of hydrogen-bond donors (Lipinski definition) is 1. The van der Waals surface area contributed by atoms with E-state index in [4.69, 9.17) is 14.7 Å². The smallest absolute Gasteiger partial charge is 0.358 e. The van der Waals surface area contributed by atoms with Gasteiger partial charge in [0.05, 0.1) is 31.0 Å². The Morgan fingerprint density at radius 3 is 2.51 bits per heavy atom. The van der Waals surface area contributed by atoms with Gasteiger partial charge in [-0.3, -0.25) is 4.79 Å². The Balaban J connectivity index is 1.72. The highest BCUT2D eigenvalue weighted by molar-refractivity contribution is 6.04. The van der Waals surface area contributed by atoms with E-state index in [0.717, 1.165) is 5.56 Å². The van der Waals surface area contributed by atoms with E-state index in [1.54, 1.807) is 73.3 Å². The van der Waals surface area contributed by atoms with Crippen molar-refractivity contribution in [2.75, 3.05) is 19.0 Å². The molecule has 0 saturated carbocycles. The zero-order valence-electron chi connectivity index (χ0n) is 19.2. The Morgan fingerprint density at radius 2 is 1.80 bits per heavy atom. The number of methoxy groups -OCH3 is 1. The maximum atomic E-state index is 12.7. The van der Waals surface area contributed by atoms with Gasteiger partial charge in [-0.1, -0.05) is 24.3 Å². The minimum absolute atomic E-state index is 0.153. The number of amides is 1. The first-order valence-corrected chi connectivity index (χ1v) is 10.9. The van der Waals surface area contributed by atoms with E-state index in [1.165, 1.54) is 0 Å². The maximum Gasteiger partial charge on any atom is 0.358 e. The first kappa shape index (κ1) is 23.3. The number of anilines is 1. The summed E-state index contributed by atoms with van der Waals surface area (Å²) in [6.45, 7) is 1.96. The largest absolute Gasteiger partial charge is 0.494 e. The molecule has 1 aromatic heterocycles. The van der Waals surface area contributed by atoms with Crippen LogP contribution in [0.4, 0.5) is 5.69 Å². The second-order valence-electron chi connectivity index (χ2n) is 7.44. The third kappa shape index (κ3) is 5.04. The van der Waals surface area contributed by atoms with Crippen molar-refractivity contribution in [1.29, 1.82) is 5.26 Å². The zero-order valence-corrected chi connectivity index (χ0v) is 19.2. The molecule has 1 heterocycles. The predicted molar refractivity (Wildman–Crippen MR) is 131 cm³/mol. The fourth-order valence-electron chi connectivity index (χ4n) is 3.54. The molecule has 4 rings (SSSR count). The lowest BCUT2D eigenvalue weighted by Gasteiger charge is -2.12. The minimum atomic E-state index is -0.535. The van der Waals surface area contributed by atoms with Gasteiger partial charge in [0, 0.05) is 16.8 Å². The van der Waals surface area contributed by atoms with E-state index < -0.39 is 5.97 Å². The standard InChI is InChI=1S/C27H22N4O4/c1-3-35-27(33)22-16-24(31(30-22)23-9-4-5-10-25(23)34-2)20-7-6-8-21(15-20)29-26(32)19-13-11-18(17-28)12-14-19/h4-16H,3H2,1-2H3,(H,29,32). The van der Waals surface area contributed by atoms with E-state index >= 15 is 0 Å². The molecule has 0 aliphatic carbocycles. The summed E-state index contributed by atoms with van der Waals surface area (Å²) in [6, 6.07) is 24.6. The van der Waals surface area contributed by atoms with Crippen LogP contribution in [-0.4, -0.2) is 35.4 Å². The number of benzene rings is 3. The molecule has 3 aromatic carbocycles. The molecule has 174 valence electrons. The van der Waals surface area contributed by atoms with Crippen LogP contribution in [0, 0.1) is 11.3 Å². The highest BCUT2D eigenvalue weighted by Gasteiger charge is 2.20. The maximum absolute atomic E-state index is 12.7. The van der Waals surface area contributed by atoms with E-state index in [2.05, 4.69) is 10.4 Å². The summed E-state index contributed by atoms with van der Waals surface area (Å²) in [4.78, 5) is 25.1. The number of carbonyl (C=O) groups is 2. The van der Waals surface area contributed by atoms with Crippen molar-refractivity contribution in [3.63, 3.8) is 0 Å². The van der Waals surface area contributed by atoms with Crippen LogP contribution in [-0.2, 0) is 4.74 Å². The molecule has 0 bridgehead atoms. The average molecular weight is 466 g/mol. The van der Waals surface area contributed by atoms with Crippen molar-refractivity contribution >= 4 is 17.6 Å². The van der Waals surface area contributed by atoms with Gasteiger partial charge in [-0.15, -0.1) is 0 Å². The monoisotopic (exact) mass is 466 g/mol. The Kier molecular flexibility index (Phi) is 6.88. The molecule has 0 fully saturated rings. The summed E-state index contributed by atoms with van der Waals surface area (Å²) >= 11 is 0. The molecular weight excluding hydrogens is 444 g/mol. The number of rotatable bonds is 7. The molecule has 1 amide bonds. The molecular formula is C27H22N4O4. The number of nitriles is 1. The van der Waals surface area contributed by atoms with Crippen molar-refractivity contribution in [3.8, 4) is 28.8 Å².